The number of pyridine rings is 1. The molecule has 75 heavy (non-hydrogen) atoms. The zero-order valence-corrected chi connectivity index (χ0v) is 49.1. The number of carbonyl (C=O) groups is 4. The third-order valence-corrected chi connectivity index (χ3v) is 13.5. The van der Waals surface area contributed by atoms with E-state index in [0.29, 0.717) is 34.7 Å². The molecule has 2 saturated heterocycles. The number of rotatable bonds is 20. The monoisotopic (exact) mass is 1040 g/mol. The van der Waals surface area contributed by atoms with Gasteiger partial charge in [0.05, 0.1) is 5.70 Å². The number of Topliss-reactive ketones (excluding diaryl/α,β-unsaturated/α-hetero) is 2. The molecule has 0 amide bonds. The van der Waals surface area contributed by atoms with Crippen LogP contribution in [0, 0.1) is 24.7 Å². The van der Waals surface area contributed by atoms with E-state index < -0.39 is 6.43 Å². The van der Waals surface area contributed by atoms with E-state index in [1.807, 2.05) is 72.1 Å². The first-order valence-corrected chi connectivity index (χ1v) is 28.0. The molecule has 0 unspecified atom stereocenters. The van der Waals surface area contributed by atoms with E-state index >= 15 is 4.39 Å². The van der Waals surface area contributed by atoms with E-state index in [-0.39, 0.29) is 23.1 Å². The molecule has 11 heteroatoms. The standard InChI is InChI=1S/C49H65FN4O2.C9H18O.C2H4F2.C2H4O.C2H6/c1-10-12-13-47(46(50)29-38(11-2)39-15-17-43(36(7)28-39)45-32-51-21-18-42(45)34(3)4)53-22-19-37(20-23-53)31-49(8,9)54-26-24-52(25-27-54)41-16-14-40(33-55)44(30-41)48(56)35(5)6;1-4-5-9(10)7-6-8(2)3;1-2(3)4;1-2-3;1-2/h11,13-18,21,28-30,32-35,37H,10,12,19-20,22-27,31H2,1-9H3;8H,4-7H2,1-3H3;2H,1H3;2H,1H3;1-2H3/b38-11+,46-29+,47-13-;;;;. The van der Waals surface area contributed by atoms with E-state index in [1.54, 1.807) is 12.1 Å². The molecular formula is C64H97F3N4O4. The summed E-state index contributed by atoms with van der Waals surface area (Å²) in [6.07, 6.45) is 17.6. The predicted octanol–water partition coefficient (Wildman–Crippen LogP) is 16.8. The maximum atomic E-state index is 16.4. The van der Waals surface area contributed by atoms with Crippen LogP contribution < -0.4 is 4.90 Å². The number of aromatic nitrogens is 1. The summed E-state index contributed by atoms with van der Waals surface area (Å²) in [6, 6.07) is 14.2. The molecule has 2 aromatic carbocycles. The minimum absolute atomic E-state index is 0.00697. The van der Waals surface area contributed by atoms with Crippen LogP contribution >= 0.6 is 0 Å². The van der Waals surface area contributed by atoms with E-state index in [1.165, 1.54) is 18.1 Å². The number of piperidine rings is 1. The van der Waals surface area contributed by atoms with Gasteiger partial charge in [0.2, 0.25) is 6.43 Å². The number of nitrogens with zero attached hydrogens (tertiary/aromatic N) is 4. The zero-order chi connectivity index (χ0) is 56.8. The zero-order valence-electron chi connectivity index (χ0n) is 49.1. The van der Waals surface area contributed by atoms with Gasteiger partial charge in [-0.3, -0.25) is 24.3 Å². The molecule has 2 fully saturated rings. The Balaban J connectivity index is 0.00000127. The normalized spacial score (nSPS) is 14.8. The summed E-state index contributed by atoms with van der Waals surface area (Å²) >= 11 is 0. The van der Waals surface area contributed by atoms with Gasteiger partial charge in [-0.05, 0) is 156 Å². The van der Waals surface area contributed by atoms with Crippen molar-refractivity contribution in [2.24, 2.45) is 17.8 Å². The second-order valence-corrected chi connectivity index (χ2v) is 21.1. The molecule has 0 spiro atoms. The van der Waals surface area contributed by atoms with Crippen molar-refractivity contribution in [3.8, 4) is 11.1 Å². The van der Waals surface area contributed by atoms with Gasteiger partial charge in [-0.15, -0.1) is 0 Å². The van der Waals surface area contributed by atoms with Crippen molar-refractivity contribution in [3.63, 3.8) is 0 Å². The van der Waals surface area contributed by atoms with Crippen molar-refractivity contribution in [1.82, 2.24) is 14.8 Å². The number of benzene rings is 2. The quantitative estimate of drug-likeness (QED) is 0.0628. The summed E-state index contributed by atoms with van der Waals surface area (Å²) in [4.78, 5) is 55.9. The number of ketones is 2. The topological polar surface area (TPSA) is 90.9 Å². The highest BCUT2D eigenvalue weighted by Gasteiger charge is 2.34. The van der Waals surface area contributed by atoms with Gasteiger partial charge in [-0.1, -0.05) is 106 Å². The first-order chi connectivity index (χ1) is 35.6. The van der Waals surface area contributed by atoms with Gasteiger partial charge >= 0.3 is 0 Å². The highest BCUT2D eigenvalue weighted by molar-refractivity contribution is 6.04. The molecule has 0 saturated carbocycles. The molecule has 418 valence electrons. The number of anilines is 1. The predicted molar refractivity (Wildman–Crippen MR) is 311 cm³/mol. The van der Waals surface area contributed by atoms with Crippen molar-refractivity contribution in [2.75, 3.05) is 44.2 Å². The number of carbonyl (C=O) groups excluding carboxylic acids is 4. The fourth-order valence-corrected chi connectivity index (χ4v) is 9.49. The number of piperazine rings is 1. The van der Waals surface area contributed by atoms with Gasteiger partial charge < -0.3 is 14.6 Å². The van der Waals surface area contributed by atoms with Crippen molar-refractivity contribution >= 4 is 35.4 Å². The lowest BCUT2D eigenvalue weighted by Gasteiger charge is -2.47. The highest BCUT2D eigenvalue weighted by Crippen LogP contribution is 2.36. The van der Waals surface area contributed by atoms with Gasteiger partial charge in [0.15, 0.2) is 12.1 Å². The summed E-state index contributed by atoms with van der Waals surface area (Å²) in [5.74, 6) is 1.74. The molecular weight excluding hydrogens is 946 g/mol. The minimum Gasteiger partial charge on any atom is -0.369 e. The third-order valence-electron chi connectivity index (χ3n) is 13.5. The molecule has 0 bridgehead atoms. The van der Waals surface area contributed by atoms with Crippen LogP contribution in [-0.4, -0.2) is 90.2 Å². The number of allylic oxidation sites excluding steroid dienone is 5. The Labute approximate surface area is 452 Å². The number of likely N-dealkylation sites (tertiary alicyclic amines) is 1. The SMILES string of the molecule is CC.CC(F)F.CC=O.CCCC(=O)CCC(C)C.C\C=C(/C=C(F)\C(=C\CCC)N1CCC(CC(C)(C)N2CCN(c3ccc(C=O)c(C(=O)C(C)C)c3)CC2)CC1)c1ccc(-c2cnccc2C(C)C)c(C)c1. The van der Waals surface area contributed by atoms with E-state index in [0.717, 1.165) is 150 Å². The van der Waals surface area contributed by atoms with Gasteiger partial charge in [0.25, 0.3) is 0 Å². The summed E-state index contributed by atoms with van der Waals surface area (Å²) in [7, 11) is 0. The van der Waals surface area contributed by atoms with Crippen LogP contribution in [0.3, 0.4) is 0 Å². The molecule has 3 heterocycles. The number of hydrogen-bond acceptors (Lipinski definition) is 8. The number of unbranched alkanes of at least 4 members (excludes halogenated alkanes) is 1. The lowest BCUT2D eigenvalue weighted by atomic mass is 9.83. The van der Waals surface area contributed by atoms with Crippen molar-refractivity contribution in [3.05, 3.63) is 112 Å². The highest BCUT2D eigenvalue weighted by atomic mass is 19.3. The Morgan fingerprint density at radius 2 is 1.44 bits per heavy atom. The van der Waals surface area contributed by atoms with Crippen LogP contribution in [0.4, 0.5) is 18.9 Å². The molecule has 3 aromatic rings. The van der Waals surface area contributed by atoms with Crippen LogP contribution in [-0.2, 0) is 9.59 Å². The van der Waals surface area contributed by atoms with Crippen LogP contribution in [0.5, 0.6) is 0 Å². The molecule has 2 aliphatic rings. The summed E-state index contributed by atoms with van der Waals surface area (Å²) < 4.78 is 37.1. The maximum absolute atomic E-state index is 16.4. The van der Waals surface area contributed by atoms with Gasteiger partial charge in [-0.2, -0.15) is 0 Å². The number of alkyl halides is 2. The van der Waals surface area contributed by atoms with Gasteiger partial charge in [0.1, 0.15) is 17.9 Å². The largest absolute Gasteiger partial charge is 0.369 e. The second kappa shape index (κ2) is 36.0. The molecule has 0 N–H and O–H groups in total. The molecule has 1 aromatic heterocycles. The first kappa shape index (κ1) is 67.9. The smallest absolute Gasteiger partial charge is 0.235 e. The van der Waals surface area contributed by atoms with E-state index in [4.69, 9.17) is 4.79 Å². The number of hydrogen-bond donors (Lipinski definition) is 0. The Morgan fingerprint density at radius 3 is 1.95 bits per heavy atom. The average molecular weight is 1040 g/mol. The maximum Gasteiger partial charge on any atom is 0.235 e. The Morgan fingerprint density at radius 1 is 0.827 bits per heavy atom. The first-order valence-electron chi connectivity index (χ1n) is 28.0. The molecule has 0 atom stereocenters. The third kappa shape index (κ3) is 23.3. The summed E-state index contributed by atoms with van der Waals surface area (Å²) in [5.41, 5.74) is 9.40. The lowest BCUT2D eigenvalue weighted by molar-refractivity contribution is -0.119. The Hall–Kier alpha value is -5.16. The number of aldehydes is 2. The second-order valence-electron chi connectivity index (χ2n) is 21.1. The van der Waals surface area contributed by atoms with Crippen molar-refractivity contribution in [2.45, 2.75) is 186 Å². The molecule has 0 radical (unpaired) electrons. The van der Waals surface area contributed by atoms with E-state index in [9.17, 15) is 23.2 Å². The van der Waals surface area contributed by atoms with Gasteiger partial charge in [0, 0.05) is 98.3 Å². The van der Waals surface area contributed by atoms with Crippen molar-refractivity contribution in [1.29, 1.82) is 0 Å². The number of halogens is 3. The summed E-state index contributed by atoms with van der Waals surface area (Å²) in [6.45, 7) is 37.1. The van der Waals surface area contributed by atoms with Crippen molar-refractivity contribution < 1.29 is 32.3 Å². The lowest BCUT2D eigenvalue weighted by Crippen LogP contribution is -2.55. The minimum atomic E-state index is -2.17. The average Bonchev–Trinajstić information content (AvgIpc) is 3.38. The molecule has 2 aliphatic heterocycles. The van der Waals surface area contributed by atoms with Gasteiger partial charge in [-0.25, -0.2) is 13.2 Å². The van der Waals surface area contributed by atoms with E-state index in [2.05, 4.69) is 105 Å². The van der Waals surface area contributed by atoms with Crippen LogP contribution in [0.2, 0.25) is 0 Å². The number of aryl methyl sites for hydroxylation is 1. The fourth-order valence-electron chi connectivity index (χ4n) is 9.49. The van der Waals surface area contributed by atoms with Crippen LogP contribution in [0.15, 0.2) is 84.6 Å². The molecule has 5 rings (SSSR count). The molecule has 0 aliphatic carbocycles. The molecule has 8 nitrogen and oxygen atoms in total. The van der Waals surface area contributed by atoms with Crippen LogP contribution in [0.25, 0.3) is 16.7 Å². The van der Waals surface area contributed by atoms with Crippen LogP contribution in [0.1, 0.15) is 205 Å². The Bertz CT molecular complexity index is 2260. The summed E-state index contributed by atoms with van der Waals surface area (Å²) in [5, 5.41) is 0. The Kier molecular flexibility index (Phi) is 32.6. The fraction of sp³-hybridized carbons (Fsp3) is 0.578.